The summed E-state index contributed by atoms with van der Waals surface area (Å²) in [5.74, 6) is 0.733. The molecule has 7 nitrogen and oxygen atoms in total. The minimum absolute atomic E-state index is 0.1000. The Bertz CT molecular complexity index is 631. The van der Waals surface area contributed by atoms with Gasteiger partial charge in [0, 0.05) is 44.0 Å². The Balaban J connectivity index is 1.61. The molecule has 116 valence electrons. The standard InChI is InChI=1S/C14H18N6OS/c1-15-14-19-11(9-22-14)13(21)18-10-3-2-6-20(8-10)12-7-16-4-5-17-12/h4-5,7,9-10H,2-3,6,8H2,1H3,(H,15,19)(H,18,21). The number of thiazole rings is 1. The van der Waals surface area contributed by atoms with E-state index in [1.54, 1.807) is 31.0 Å². The summed E-state index contributed by atoms with van der Waals surface area (Å²) in [4.78, 5) is 27.0. The van der Waals surface area contributed by atoms with E-state index in [-0.39, 0.29) is 11.9 Å². The van der Waals surface area contributed by atoms with Gasteiger partial charge in [-0.1, -0.05) is 0 Å². The average molecular weight is 318 g/mol. The number of carbonyl (C=O) groups is 1. The Morgan fingerprint density at radius 3 is 3.09 bits per heavy atom. The summed E-state index contributed by atoms with van der Waals surface area (Å²) in [6, 6.07) is 0.1000. The second-order valence-electron chi connectivity index (χ2n) is 5.11. The van der Waals surface area contributed by atoms with E-state index in [9.17, 15) is 4.79 Å². The predicted octanol–water partition coefficient (Wildman–Crippen LogP) is 1.37. The molecular weight excluding hydrogens is 300 g/mol. The lowest BCUT2D eigenvalue weighted by atomic mass is 10.1. The molecule has 1 atom stereocenters. The molecule has 0 saturated carbocycles. The van der Waals surface area contributed by atoms with E-state index in [1.807, 2.05) is 0 Å². The van der Waals surface area contributed by atoms with Crippen molar-refractivity contribution in [3.63, 3.8) is 0 Å². The number of hydrogen-bond donors (Lipinski definition) is 2. The largest absolute Gasteiger partial charge is 0.365 e. The molecule has 1 aliphatic rings. The van der Waals surface area contributed by atoms with E-state index < -0.39 is 0 Å². The smallest absolute Gasteiger partial charge is 0.271 e. The molecule has 3 rings (SSSR count). The maximum atomic E-state index is 12.2. The zero-order valence-electron chi connectivity index (χ0n) is 12.3. The van der Waals surface area contributed by atoms with Crippen molar-refractivity contribution in [2.24, 2.45) is 0 Å². The topological polar surface area (TPSA) is 83.0 Å². The molecular formula is C14H18N6OS. The number of nitrogens with zero attached hydrogens (tertiary/aromatic N) is 4. The first-order valence-electron chi connectivity index (χ1n) is 7.21. The van der Waals surface area contributed by atoms with Gasteiger partial charge in [0.1, 0.15) is 11.5 Å². The first kappa shape index (κ1) is 14.7. The summed E-state index contributed by atoms with van der Waals surface area (Å²) in [6.45, 7) is 1.68. The second kappa shape index (κ2) is 6.69. The van der Waals surface area contributed by atoms with Gasteiger partial charge in [0.05, 0.1) is 6.20 Å². The van der Waals surface area contributed by atoms with Crippen molar-refractivity contribution in [1.82, 2.24) is 20.3 Å². The van der Waals surface area contributed by atoms with Crippen LogP contribution >= 0.6 is 11.3 Å². The minimum atomic E-state index is -0.122. The molecule has 0 spiro atoms. The molecule has 1 amide bonds. The summed E-state index contributed by atoms with van der Waals surface area (Å²) in [5, 5.41) is 8.51. The van der Waals surface area contributed by atoms with Gasteiger partial charge in [-0.3, -0.25) is 9.78 Å². The third-order valence-corrected chi connectivity index (χ3v) is 4.44. The third kappa shape index (κ3) is 3.33. The summed E-state index contributed by atoms with van der Waals surface area (Å²) >= 11 is 1.43. The summed E-state index contributed by atoms with van der Waals surface area (Å²) < 4.78 is 0. The van der Waals surface area contributed by atoms with Crippen molar-refractivity contribution < 1.29 is 4.79 Å². The fourth-order valence-electron chi connectivity index (χ4n) is 2.51. The van der Waals surface area contributed by atoms with Crippen LogP contribution in [0.2, 0.25) is 0 Å². The Kier molecular flexibility index (Phi) is 4.47. The molecule has 8 heteroatoms. The van der Waals surface area contributed by atoms with E-state index in [4.69, 9.17) is 0 Å². The van der Waals surface area contributed by atoms with Crippen molar-refractivity contribution >= 4 is 28.2 Å². The second-order valence-corrected chi connectivity index (χ2v) is 5.97. The lowest BCUT2D eigenvalue weighted by Crippen LogP contribution is -2.48. The number of nitrogens with one attached hydrogen (secondary N) is 2. The van der Waals surface area contributed by atoms with Crippen LogP contribution in [0.5, 0.6) is 0 Å². The van der Waals surface area contributed by atoms with Gasteiger partial charge in [-0.2, -0.15) is 0 Å². The van der Waals surface area contributed by atoms with Crippen LogP contribution in [0.4, 0.5) is 10.9 Å². The first-order chi connectivity index (χ1) is 10.8. The number of anilines is 2. The number of hydrogen-bond acceptors (Lipinski definition) is 7. The van der Waals surface area contributed by atoms with Gasteiger partial charge < -0.3 is 15.5 Å². The number of carbonyl (C=O) groups excluding carboxylic acids is 1. The van der Waals surface area contributed by atoms with Crippen LogP contribution in [0, 0.1) is 0 Å². The van der Waals surface area contributed by atoms with E-state index >= 15 is 0 Å². The molecule has 2 aromatic heterocycles. The SMILES string of the molecule is CNc1nc(C(=O)NC2CCCN(c3cnccn3)C2)cs1. The van der Waals surface area contributed by atoms with Crippen molar-refractivity contribution in [1.29, 1.82) is 0 Å². The molecule has 2 N–H and O–H groups in total. The Morgan fingerprint density at radius 2 is 2.36 bits per heavy atom. The lowest BCUT2D eigenvalue weighted by Gasteiger charge is -2.33. The molecule has 1 saturated heterocycles. The molecule has 1 fully saturated rings. The summed E-state index contributed by atoms with van der Waals surface area (Å²) in [5.41, 5.74) is 0.464. The fourth-order valence-corrected chi connectivity index (χ4v) is 3.16. The van der Waals surface area contributed by atoms with Crippen LogP contribution in [-0.2, 0) is 0 Å². The highest BCUT2D eigenvalue weighted by Crippen LogP contribution is 2.18. The number of piperidine rings is 1. The molecule has 1 aliphatic heterocycles. The number of aromatic nitrogens is 3. The molecule has 0 radical (unpaired) electrons. The maximum absolute atomic E-state index is 12.2. The number of amides is 1. The van der Waals surface area contributed by atoms with Crippen LogP contribution in [-0.4, -0.2) is 47.0 Å². The molecule has 0 bridgehead atoms. The van der Waals surface area contributed by atoms with E-state index in [2.05, 4.69) is 30.5 Å². The average Bonchev–Trinajstić information content (AvgIpc) is 3.05. The Morgan fingerprint density at radius 1 is 1.45 bits per heavy atom. The van der Waals surface area contributed by atoms with Crippen molar-refractivity contribution in [3.05, 3.63) is 29.7 Å². The minimum Gasteiger partial charge on any atom is -0.365 e. The van der Waals surface area contributed by atoms with E-state index in [1.165, 1.54) is 11.3 Å². The van der Waals surface area contributed by atoms with Gasteiger partial charge >= 0.3 is 0 Å². The molecule has 0 aliphatic carbocycles. The third-order valence-electron chi connectivity index (χ3n) is 3.58. The molecule has 3 heterocycles. The highest BCUT2D eigenvalue weighted by Gasteiger charge is 2.23. The molecule has 22 heavy (non-hydrogen) atoms. The predicted molar refractivity (Wildman–Crippen MR) is 86.4 cm³/mol. The highest BCUT2D eigenvalue weighted by molar-refractivity contribution is 7.13. The molecule has 1 unspecified atom stereocenters. The van der Waals surface area contributed by atoms with Crippen LogP contribution in [0.15, 0.2) is 24.0 Å². The van der Waals surface area contributed by atoms with Crippen LogP contribution in [0.25, 0.3) is 0 Å². The van der Waals surface area contributed by atoms with E-state index in [0.29, 0.717) is 5.69 Å². The Labute approximate surface area is 132 Å². The van der Waals surface area contributed by atoms with Gasteiger partial charge in [0.2, 0.25) is 0 Å². The summed E-state index contributed by atoms with van der Waals surface area (Å²) in [7, 11) is 1.79. The monoisotopic (exact) mass is 318 g/mol. The van der Waals surface area contributed by atoms with Crippen LogP contribution in [0.1, 0.15) is 23.3 Å². The fraction of sp³-hybridized carbons (Fsp3) is 0.429. The zero-order valence-corrected chi connectivity index (χ0v) is 13.1. The molecule has 0 aromatic carbocycles. The first-order valence-corrected chi connectivity index (χ1v) is 8.09. The van der Waals surface area contributed by atoms with Crippen molar-refractivity contribution in [3.8, 4) is 0 Å². The molecule has 2 aromatic rings. The van der Waals surface area contributed by atoms with E-state index in [0.717, 1.165) is 36.9 Å². The highest BCUT2D eigenvalue weighted by atomic mass is 32.1. The quantitative estimate of drug-likeness (QED) is 0.886. The Hall–Kier alpha value is -2.22. The van der Waals surface area contributed by atoms with Crippen molar-refractivity contribution in [2.75, 3.05) is 30.4 Å². The van der Waals surface area contributed by atoms with Gasteiger partial charge in [0.25, 0.3) is 5.91 Å². The number of rotatable bonds is 4. The summed E-state index contributed by atoms with van der Waals surface area (Å²) in [6.07, 6.45) is 7.08. The maximum Gasteiger partial charge on any atom is 0.271 e. The van der Waals surface area contributed by atoms with Gasteiger partial charge in [-0.25, -0.2) is 9.97 Å². The van der Waals surface area contributed by atoms with Crippen LogP contribution in [0.3, 0.4) is 0 Å². The zero-order chi connectivity index (χ0) is 15.4. The van der Waals surface area contributed by atoms with Gasteiger partial charge in [0.15, 0.2) is 5.13 Å². The van der Waals surface area contributed by atoms with Crippen molar-refractivity contribution in [2.45, 2.75) is 18.9 Å². The van der Waals surface area contributed by atoms with Gasteiger partial charge in [-0.15, -0.1) is 11.3 Å². The lowest BCUT2D eigenvalue weighted by molar-refractivity contribution is 0.0929. The van der Waals surface area contributed by atoms with Crippen LogP contribution < -0.4 is 15.5 Å². The normalized spacial score (nSPS) is 18.0. The van der Waals surface area contributed by atoms with Gasteiger partial charge in [-0.05, 0) is 12.8 Å².